The minimum atomic E-state index is -3.67. The van der Waals surface area contributed by atoms with Gasteiger partial charge in [-0.3, -0.25) is 4.79 Å². The van der Waals surface area contributed by atoms with E-state index in [1.165, 1.54) is 24.5 Å². The second-order valence-corrected chi connectivity index (χ2v) is 8.86. The van der Waals surface area contributed by atoms with E-state index in [1.807, 2.05) is 0 Å². The molecule has 1 amide bonds. The second-order valence-electron chi connectivity index (χ2n) is 7.09. The van der Waals surface area contributed by atoms with Crippen LogP contribution in [0.15, 0.2) is 58.1 Å². The Balaban J connectivity index is 1.63. The van der Waals surface area contributed by atoms with Gasteiger partial charge in [0.15, 0.2) is 0 Å². The number of hydrogen-bond donors (Lipinski definition) is 1. The fourth-order valence-corrected chi connectivity index (χ4v) is 4.32. The van der Waals surface area contributed by atoms with E-state index < -0.39 is 10.0 Å². The van der Waals surface area contributed by atoms with Crippen LogP contribution in [0.2, 0.25) is 0 Å². The number of nitrogens with zero attached hydrogens (tertiary/aromatic N) is 2. The van der Waals surface area contributed by atoms with E-state index in [0.717, 1.165) is 12.8 Å². The number of amides is 1. The monoisotopic (exact) mass is 443 g/mol. The molecule has 3 rings (SSSR count). The Morgan fingerprint density at radius 3 is 2.61 bits per heavy atom. The highest BCUT2D eigenvalue weighted by atomic mass is 32.2. The molecule has 164 valence electrons. The van der Waals surface area contributed by atoms with Gasteiger partial charge in [-0.25, -0.2) is 13.1 Å². The van der Waals surface area contributed by atoms with Crippen LogP contribution in [0.1, 0.15) is 30.6 Å². The molecule has 31 heavy (non-hydrogen) atoms. The molecule has 1 saturated heterocycles. The number of nitrogens with one attached hydrogen (secondary N) is 1. The fraction of sp³-hybridized carbons (Fsp3) is 0.364. The molecule has 9 heteroatoms. The highest BCUT2D eigenvalue weighted by molar-refractivity contribution is 7.89. The molecule has 1 N–H and O–H groups in total. The van der Waals surface area contributed by atoms with Crippen molar-refractivity contribution in [2.75, 3.05) is 19.8 Å². The quantitative estimate of drug-likeness (QED) is 0.596. The smallest absolute Gasteiger partial charge is 0.246 e. The second kappa shape index (κ2) is 10.9. The largest absolute Gasteiger partial charge is 0.468 e. The van der Waals surface area contributed by atoms with Gasteiger partial charge in [-0.2, -0.15) is 5.26 Å². The van der Waals surface area contributed by atoms with Gasteiger partial charge in [0.25, 0.3) is 0 Å². The third-order valence-electron chi connectivity index (χ3n) is 5.00. The zero-order valence-corrected chi connectivity index (χ0v) is 17.9. The highest BCUT2D eigenvalue weighted by Crippen LogP contribution is 2.17. The average Bonchev–Trinajstić information content (AvgIpc) is 3.31. The van der Waals surface area contributed by atoms with Gasteiger partial charge in [0.2, 0.25) is 15.9 Å². The zero-order chi connectivity index (χ0) is 22.1. The number of rotatable bonds is 9. The van der Waals surface area contributed by atoms with E-state index >= 15 is 0 Å². The van der Waals surface area contributed by atoms with Gasteiger partial charge in [-0.15, -0.1) is 0 Å². The van der Waals surface area contributed by atoms with E-state index in [1.54, 1.807) is 35.2 Å². The predicted molar refractivity (Wildman–Crippen MR) is 114 cm³/mol. The van der Waals surface area contributed by atoms with Crippen LogP contribution in [0.5, 0.6) is 0 Å². The number of carbonyl (C=O) groups is 1. The van der Waals surface area contributed by atoms with Crippen LogP contribution < -0.4 is 4.72 Å². The first kappa shape index (κ1) is 22.7. The molecule has 0 saturated carbocycles. The van der Waals surface area contributed by atoms with Crippen molar-refractivity contribution in [1.29, 1.82) is 5.26 Å². The van der Waals surface area contributed by atoms with Crippen molar-refractivity contribution < 1.29 is 22.4 Å². The summed E-state index contributed by atoms with van der Waals surface area (Å²) in [6, 6.07) is 11.8. The molecule has 0 unspecified atom stereocenters. The van der Waals surface area contributed by atoms with Gasteiger partial charge in [-0.05, 0) is 48.7 Å². The summed E-state index contributed by atoms with van der Waals surface area (Å²) in [5, 5.41) is 8.90. The first-order valence-electron chi connectivity index (χ1n) is 10.0. The Hall–Kier alpha value is -2.93. The average molecular weight is 444 g/mol. The van der Waals surface area contributed by atoms with E-state index in [-0.39, 0.29) is 29.8 Å². The Bertz CT molecular complexity index is 1020. The minimum Gasteiger partial charge on any atom is -0.468 e. The third-order valence-corrected chi connectivity index (χ3v) is 6.42. The molecule has 1 aromatic heterocycles. The van der Waals surface area contributed by atoms with E-state index in [4.69, 9.17) is 14.4 Å². The van der Waals surface area contributed by atoms with Gasteiger partial charge in [0, 0.05) is 31.9 Å². The minimum absolute atomic E-state index is 0.0620. The number of furan rings is 1. The number of carbonyl (C=O) groups excluding carboxylic acids is 1. The molecule has 0 spiro atoms. The summed E-state index contributed by atoms with van der Waals surface area (Å²) in [6.07, 6.45) is 6.37. The number of benzene rings is 1. The lowest BCUT2D eigenvalue weighted by Crippen LogP contribution is -2.43. The van der Waals surface area contributed by atoms with Crippen molar-refractivity contribution >= 4 is 22.0 Å². The summed E-state index contributed by atoms with van der Waals surface area (Å²) < 4.78 is 37.8. The molecule has 0 bridgehead atoms. The maximum Gasteiger partial charge on any atom is 0.246 e. The molecule has 1 aliphatic rings. The first-order valence-corrected chi connectivity index (χ1v) is 11.5. The Morgan fingerprint density at radius 1 is 1.23 bits per heavy atom. The maximum atomic E-state index is 12.7. The van der Waals surface area contributed by atoms with Crippen LogP contribution in [0.4, 0.5) is 0 Å². The van der Waals surface area contributed by atoms with Crippen molar-refractivity contribution in [3.8, 4) is 6.07 Å². The molecule has 0 aliphatic carbocycles. The molecular formula is C22H25N3O5S. The summed E-state index contributed by atoms with van der Waals surface area (Å²) in [5.41, 5.74) is 0.700. The number of ether oxygens (including phenoxy) is 1. The highest BCUT2D eigenvalue weighted by Gasteiger charge is 2.24. The lowest BCUT2D eigenvalue weighted by molar-refractivity contribution is -0.130. The summed E-state index contributed by atoms with van der Waals surface area (Å²) in [5.74, 6) is 0.353. The Morgan fingerprint density at radius 2 is 1.97 bits per heavy atom. The van der Waals surface area contributed by atoms with Crippen molar-refractivity contribution in [3.05, 3.63) is 60.1 Å². The molecular weight excluding hydrogens is 418 g/mol. The van der Waals surface area contributed by atoms with E-state index in [2.05, 4.69) is 10.8 Å². The standard InChI is InChI=1S/C22H25N3O5S/c23-12-2-13-25(19-10-15-29-16-11-19)22(26)9-6-18-4-7-21(8-5-18)31(27,28)24-17-20-3-1-14-30-20/h1,3-9,14,19,24H,2,10-11,13,15-17H2/b9-6+. The third kappa shape index (κ3) is 6.52. The molecule has 0 atom stereocenters. The van der Waals surface area contributed by atoms with Crippen molar-refractivity contribution in [1.82, 2.24) is 9.62 Å². The van der Waals surface area contributed by atoms with E-state index in [9.17, 15) is 13.2 Å². The predicted octanol–water partition coefficient (Wildman–Crippen LogP) is 2.69. The molecule has 8 nitrogen and oxygen atoms in total. The summed E-state index contributed by atoms with van der Waals surface area (Å²) in [7, 11) is -3.67. The van der Waals surface area contributed by atoms with Crippen LogP contribution >= 0.6 is 0 Å². The maximum absolute atomic E-state index is 12.7. The summed E-state index contributed by atoms with van der Waals surface area (Å²) >= 11 is 0. The summed E-state index contributed by atoms with van der Waals surface area (Å²) in [6.45, 7) is 1.66. The van der Waals surface area contributed by atoms with Gasteiger partial charge < -0.3 is 14.1 Å². The molecule has 0 radical (unpaired) electrons. The van der Waals surface area contributed by atoms with Crippen molar-refractivity contribution in [2.45, 2.75) is 36.7 Å². The SMILES string of the molecule is N#CCCN(C(=O)/C=C/c1ccc(S(=O)(=O)NCc2ccco2)cc1)C1CCOCC1. The molecule has 1 aliphatic heterocycles. The van der Waals surface area contributed by atoms with Crippen LogP contribution in [0.25, 0.3) is 6.08 Å². The van der Waals surface area contributed by atoms with Crippen LogP contribution in [0.3, 0.4) is 0 Å². The molecule has 1 aromatic carbocycles. The first-order chi connectivity index (χ1) is 15.0. The van der Waals surface area contributed by atoms with Crippen LogP contribution in [0, 0.1) is 11.3 Å². The van der Waals surface area contributed by atoms with Gasteiger partial charge in [0.05, 0.1) is 30.2 Å². The molecule has 1 fully saturated rings. The van der Waals surface area contributed by atoms with Crippen molar-refractivity contribution in [2.24, 2.45) is 0 Å². The lowest BCUT2D eigenvalue weighted by Gasteiger charge is -2.33. The van der Waals surface area contributed by atoms with Gasteiger partial charge in [0.1, 0.15) is 5.76 Å². The van der Waals surface area contributed by atoms with Gasteiger partial charge >= 0.3 is 0 Å². The number of hydrogen-bond acceptors (Lipinski definition) is 6. The zero-order valence-electron chi connectivity index (χ0n) is 17.1. The number of nitriles is 1. The normalized spacial score (nSPS) is 15.1. The Labute approximate surface area is 182 Å². The van der Waals surface area contributed by atoms with Crippen molar-refractivity contribution in [3.63, 3.8) is 0 Å². The van der Waals surface area contributed by atoms with Gasteiger partial charge in [-0.1, -0.05) is 12.1 Å². The molecule has 2 heterocycles. The van der Waals surface area contributed by atoms with E-state index in [0.29, 0.717) is 31.1 Å². The molecule has 2 aromatic rings. The summed E-state index contributed by atoms with van der Waals surface area (Å²) in [4.78, 5) is 14.6. The Kier molecular flexibility index (Phi) is 8.00. The topological polar surface area (TPSA) is 113 Å². The number of sulfonamides is 1. The lowest BCUT2D eigenvalue weighted by atomic mass is 10.1. The van der Waals surface area contributed by atoms with Crippen LogP contribution in [-0.2, 0) is 26.1 Å². The fourth-order valence-electron chi connectivity index (χ4n) is 3.32. The van der Waals surface area contributed by atoms with Crippen LogP contribution in [-0.4, -0.2) is 45.0 Å².